The Morgan fingerprint density at radius 2 is 2.05 bits per heavy atom. The summed E-state index contributed by atoms with van der Waals surface area (Å²) in [5.74, 6) is 0.641. The largest absolute Gasteiger partial charge is 0.435 e. The number of aromatic nitrogens is 2. The predicted octanol–water partition coefficient (Wildman–Crippen LogP) is 4.91. The molecule has 0 unspecified atom stereocenters. The van der Waals surface area contributed by atoms with E-state index in [-0.39, 0.29) is 0 Å². The molecule has 1 aliphatic rings. The Bertz CT molecular complexity index is 653. The van der Waals surface area contributed by atoms with Gasteiger partial charge >= 0.3 is 0 Å². The van der Waals surface area contributed by atoms with Gasteiger partial charge in [-0.1, -0.05) is 44.2 Å². The van der Waals surface area contributed by atoms with E-state index >= 15 is 0 Å². The van der Waals surface area contributed by atoms with Gasteiger partial charge in [-0.25, -0.2) is 4.98 Å². The number of pyridine rings is 1. The summed E-state index contributed by atoms with van der Waals surface area (Å²) < 4.78 is 6.60. The van der Waals surface area contributed by atoms with Crippen molar-refractivity contribution < 1.29 is 4.42 Å². The van der Waals surface area contributed by atoms with Crippen LogP contribution in [0.4, 0.5) is 0 Å². The maximum atomic E-state index is 5.70. The van der Waals surface area contributed by atoms with Crippen molar-refractivity contribution in [3.8, 4) is 0 Å². The summed E-state index contributed by atoms with van der Waals surface area (Å²) in [5.41, 5.74) is 2.40. The molecule has 2 heterocycles. The summed E-state index contributed by atoms with van der Waals surface area (Å²) in [7, 11) is 0. The standard InChI is InChI=1S/C13H9BrN2O.C2H6/c14-10-7-11-12(15-8-10)16-13(17-11)9-5-3-1-2-4-6-9;1-2/h1-5,7-8H,6H2;1-2H3. The van der Waals surface area contributed by atoms with E-state index in [9.17, 15) is 0 Å². The molecule has 2 aromatic heterocycles. The van der Waals surface area contributed by atoms with Crippen LogP contribution in [-0.2, 0) is 0 Å². The van der Waals surface area contributed by atoms with Crippen molar-refractivity contribution in [1.82, 2.24) is 9.97 Å². The number of oxazole rings is 1. The lowest BCUT2D eigenvalue weighted by atomic mass is 10.2. The number of hydrogen-bond acceptors (Lipinski definition) is 3. The van der Waals surface area contributed by atoms with E-state index in [0.717, 1.165) is 16.5 Å². The average molecular weight is 319 g/mol. The third-order valence-electron chi connectivity index (χ3n) is 2.48. The van der Waals surface area contributed by atoms with Gasteiger partial charge in [0.15, 0.2) is 11.2 Å². The zero-order valence-corrected chi connectivity index (χ0v) is 12.5. The molecular formula is C15H15BrN2O. The van der Waals surface area contributed by atoms with Crippen LogP contribution >= 0.6 is 15.9 Å². The lowest BCUT2D eigenvalue weighted by Gasteiger charge is -1.95. The minimum absolute atomic E-state index is 0.640. The number of fused-ring (bicyclic) bond motifs is 1. The minimum atomic E-state index is 0.640. The van der Waals surface area contributed by atoms with Crippen LogP contribution < -0.4 is 0 Å². The summed E-state index contributed by atoms with van der Waals surface area (Å²) >= 11 is 3.36. The van der Waals surface area contributed by atoms with Gasteiger partial charge in [-0.3, -0.25) is 0 Å². The predicted molar refractivity (Wildman–Crippen MR) is 81.7 cm³/mol. The van der Waals surface area contributed by atoms with Crippen molar-refractivity contribution in [3.63, 3.8) is 0 Å². The normalized spacial score (nSPS) is 13.7. The van der Waals surface area contributed by atoms with E-state index in [0.29, 0.717) is 17.1 Å². The van der Waals surface area contributed by atoms with E-state index < -0.39 is 0 Å². The Balaban J connectivity index is 0.000000637. The van der Waals surface area contributed by atoms with E-state index in [1.54, 1.807) is 6.20 Å². The second-order valence-corrected chi connectivity index (χ2v) is 4.62. The van der Waals surface area contributed by atoms with Crippen LogP contribution in [0.1, 0.15) is 26.2 Å². The first kappa shape index (κ1) is 13.7. The fourth-order valence-electron chi connectivity index (χ4n) is 1.67. The molecular weight excluding hydrogens is 304 g/mol. The maximum absolute atomic E-state index is 5.70. The van der Waals surface area contributed by atoms with Crippen LogP contribution in [0, 0.1) is 0 Å². The maximum Gasteiger partial charge on any atom is 0.225 e. The summed E-state index contributed by atoms with van der Waals surface area (Å²) in [6, 6.07) is 1.88. The molecule has 0 saturated heterocycles. The molecule has 0 bridgehead atoms. The molecule has 19 heavy (non-hydrogen) atoms. The third kappa shape index (κ3) is 3.20. The number of hydrogen-bond donors (Lipinski definition) is 0. The van der Waals surface area contributed by atoms with Gasteiger partial charge < -0.3 is 4.42 Å². The van der Waals surface area contributed by atoms with Crippen LogP contribution in [-0.4, -0.2) is 9.97 Å². The van der Waals surface area contributed by atoms with Gasteiger partial charge in [-0.15, -0.1) is 0 Å². The third-order valence-corrected chi connectivity index (χ3v) is 2.92. The molecule has 98 valence electrons. The van der Waals surface area contributed by atoms with Crippen LogP contribution in [0.25, 0.3) is 16.8 Å². The molecule has 0 fully saturated rings. The SMILES string of the molecule is Brc1cnc2nc(C3=CC=CC=CC3)oc2c1.CC. The monoisotopic (exact) mass is 318 g/mol. The van der Waals surface area contributed by atoms with E-state index in [1.807, 2.05) is 44.2 Å². The second-order valence-electron chi connectivity index (χ2n) is 3.70. The quantitative estimate of drug-likeness (QED) is 0.749. The van der Waals surface area contributed by atoms with Crippen molar-refractivity contribution in [2.45, 2.75) is 20.3 Å². The topological polar surface area (TPSA) is 38.9 Å². The molecule has 0 aliphatic heterocycles. The first-order valence-electron chi connectivity index (χ1n) is 6.28. The van der Waals surface area contributed by atoms with E-state index in [2.05, 4.69) is 32.0 Å². The summed E-state index contributed by atoms with van der Waals surface area (Å²) in [6.45, 7) is 4.00. The molecule has 0 N–H and O–H groups in total. The zero-order valence-electron chi connectivity index (χ0n) is 10.9. The highest BCUT2D eigenvalue weighted by Gasteiger charge is 2.11. The van der Waals surface area contributed by atoms with Crippen molar-refractivity contribution in [2.24, 2.45) is 0 Å². The van der Waals surface area contributed by atoms with Crippen LogP contribution in [0.15, 0.2) is 51.5 Å². The van der Waals surface area contributed by atoms with Crippen molar-refractivity contribution in [3.05, 3.63) is 53.0 Å². The van der Waals surface area contributed by atoms with Crippen molar-refractivity contribution in [2.75, 3.05) is 0 Å². The Kier molecular flexibility index (Phi) is 4.68. The van der Waals surface area contributed by atoms with Crippen molar-refractivity contribution in [1.29, 1.82) is 0 Å². The molecule has 0 atom stereocenters. The zero-order chi connectivity index (χ0) is 13.7. The highest BCUT2D eigenvalue weighted by Crippen LogP contribution is 2.25. The molecule has 2 aromatic rings. The smallest absolute Gasteiger partial charge is 0.225 e. The minimum Gasteiger partial charge on any atom is -0.435 e. The fourth-order valence-corrected chi connectivity index (χ4v) is 1.98. The number of allylic oxidation sites excluding steroid dienone is 6. The van der Waals surface area contributed by atoms with E-state index in [1.165, 1.54) is 0 Å². The number of nitrogens with zero attached hydrogens (tertiary/aromatic N) is 2. The number of rotatable bonds is 1. The average Bonchev–Trinajstić information content (AvgIpc) is 2.67. The highest BCUT2D eigenvalue weighted by atomic mass is 79.9. The van der Waals surface area contributed by atoms with Gasteiger partial charge in [-0.2, -0.15) is 4.98 Å². The fraction of sp³-hybridized carbons (Fsp3) is 0.200. The lowest BCUT2D eigenvalue weighted by molar-refractivity contribution is 0.582. The van der Waals surface area contributed by atoms with Crippen molar-refractivity contribution >= 4 is 32.7 Å². The lowest BCUT2D eigenvalue weighted by Crippen LogP contribution is -1.82. The van der Waals surface area contributed by atoms with Gasteiger partial charge in [0.1, 0.15) is 0 Å². The Morgan fingerprint density at radius 1 is 1.21 bits per heavy atom. The number of halogens is 1. The molecule has 4 heteroatoms. The molecule has 0 spiro atoms. The highest BCUT2D eigenvalue weighted by molar-refractivity contribution is 9.10. The molecule has 1 aliphatic carbocycles. The Labute approximate surface area is 120 Å². The van der Waals surface area contributed by atoms with Gasteiger partial charge in [0, 0.05) is 22.3 Å². The van der Waals surface area contributed by atoms with E-state index in [4.69, 9.17) is 4.42 Å². The molecule has 0 saturated carbocycles. The summed E-state index contributed by atoms with van der Waals surface area (Å²) in [4.78, 5) is 8.59. The van der Waals surface area contributed by atoms with Crippen LogP contribution in [0.2, 0.25) is 0 Å². The Hall–Kier alpha value is -1.68. The van der Waals surface area contributed by atoms with Gasteiger partial charge in [0.05, 0.1) is 0 Å². The van der Waals surface area contributed by atoms with Gasteiger partial charge in [0.2, 0.25) is 5.89 Å². The Morgan fingerprint density at radius 3 is 2.89 bits per heavy atom. The van der Waals surface area contributed by atoms with Crippen LogP contribution in [0.3, 0.4) is 0 Å². The molecule has 3 rings (SSSR count). The van der Waals surface area contributed by atoms with Gasteiger partial charge in [0.25, 0.3) is 0 Å². The molecule has 0 aromatic carbocycles. The molecule has 0 radical (unpaired) electrons. The van der Waals surface area contributed by atoms with Crippen LogP contribution in [0.5, 0.6) is 0 Å². The first-order valence-corrected chi connectivity index (χ1v) is 7.07. The second kappa shape index (κ2) is 6.48. The summed E-state index contributed by atoms with van der Waals surface area (Å²) in [5, 5.41) is 0. The van der Waals surface area contributed by atoms with Gasteiger partial charge in [-0.05, 0) is 22.4 Å². The summed E-state index contributed by atoms with van der Waals surface area (Å²) in [6.07, 6.45) is 12.6. The molecule has 3 nitrogen and oxygen atoms in total. The molecule has 0 amide bonds. The first-order chi connectivity index (χ1) is 9.33.